The summed E-state index contributed by atoms with van der Waals surface area (Å²) >= 11 is 4.88. The summed E-state index contributed by atoms with van der Waals surface area (Å²) in [4.78, 5) is 13.0. The van der Waals surface area contributed by atoms with Gasteiger partial charge in [-0.1, -0.05) is 22.0 Å². The SMILES string of the molecule is O=c1oc2ccc(Br)cc2cc1-c1nnc(-c2cccs2)o1. The molecule has 5 nitrogen and oxygen atoms in total. The van der Waals surface area contributed by atoms with Crippen molar-refractivity contribution in [1.82, 2.24) is 10.2 Å². The molecule has 22 heavy (non-hydrogen) atoms. The highest BCUT2D eigenvalue weighted by Gasteiger charge is 2.16. The number of thiophene rings is 1. The van der Waals surface area contributed by atoms with Gasteiger partial charge in [-0.05, 0) is 35.7 Å². The summed E-state index contributed by atoms with van der Waals surface area (Å²) in [7, 11) is 0. The minimum Gasteiger partial charge on any atom is -0.422 e. The first-order valence-corrected chi connectivity index (χ1v) is 7.99. The van der Waals surface area contributed by atoms with E-state index < -0.39 is 5.63 Å². The summed E-state index contributed by atoms with van der Waals surface area (Å²) in [5.74, 6) is 0.540. The van der Waals surface area contributed by atoms with Gasteiger partial charge in [0.2, 0.25) is 0 Å². The summed E-state index contributed by atoms with van der Waals surface area (Å²) in [5, 5.41) is 10.6. The first kappa shape index (κ1) is 13.4. The minimum absolute atomic E-state index is 0.152. The highest BCUT2D eigenvalue weighted by molar-refractivity contribution is 9.10. The lowest BCUT2D eigenvalue weighted by atomic mass is 10.2. The van der Waals surface area contributed by atoms with Gasteiger partial charge in [-0.3, -0.25) is 0 Å². The Balaban J connectivity index is 1.87. The molecule has 0 aliphatic carbocycles. The molecule has 4 rings (SSSR count). The average molecular weight is 375 g/mol. The van der Waals surface area contributed by atoms with E-state index in [4.69, 9.17) is 8.83 Å². The van der Waals surface area contributed by atoms with E-state index in [1.807, 2.05) is 29.6 Å². The molecule has 0 aliphatic heterocycles. The largest absolute Gasteiger partial charge is 0.422 e. The lowest BCUT2D eigenvalue weighted by molar-refractivity contribution is 0.547. The maximum Gasteiger partial charge on any atom is 0.349 e. The van der Waals surface area contributed by atoms with Gasteiger partial charge in [0.1, 0.15) is 11.1 Å². The molecular weight excluding hydrogens is 368 g/mol. The number of fused-ring (bicyclic) bond motifs is 1. The van der Waals surface area contributed by atoms with Gasteiger partial charge in [0, 0.05) is 9.86 Å². The van der Waals surface area contributed by atoms with Crippen LogP contribution in [0.4, 0.5) is 0 Å². The van der Waals surface area contributed by atoms with Gasteiger partial charge in [0.05, 0.1) is 4.88 Å². The van der Waals surface area contributed by atoms with Gasteiger partial charge in [-0.2, -0.15) is 0 Å². The van der Waals surface area contributed by atoms with Gasteiger partial charge >= 0.3 is 5.63 Å². The van der Waals surface area contributed by atoms with E-state index in [0.29, 0.717) is 11.5 Å². The van der Waals surface area contributed by atoms with Crippen molar-refractivity contribution in [2.75, 3.05) is 0 Å². The molecule has 1 aromatic carbocycles. The Kier molecular flexibility index (Phi) is 3.16. The zero-order chi connectivity index (χ0) is 15.1. The number of rotatable bonds is 2. The van der Waals surface area contributed by atoms with Crippen LogP contribution in [0.2, 0.25) is 0 Å². The van der Waals surface area contributed by atoms with Crippen molar-refractivity contribution in [3.8, 4) is 22.2 Å². The standard InChI is InChI=1S/C15H7BrN2O3S/c16-9-3-4-11-8(6-9)7-10(15(19)20-11)13-17-18-14(21-13)12-2-1-5-22-12/h1-7H. The van der Waals surface area contributed by atoms with Gasteiger partial charge in [0.25, 0.3) is 11.8 Å². The lowest BCUT2D eigenvalue weighted by Crippen LogP contribution is -2.02. The summed E-state index contributed by atoms with van der Waals surface area (Å²) in [5.41, 5.74) is 0.257. The van der Waals surface area contributed by atoms with Crippen molar-refractivity contribution in [1.29, 1.82) is 0 Å². The molecule has 0 unspecified atom stereocenters. The van der Waals surface area contributed by atoms with E-state index in [0.717, 1.165) is 14.7 Å². The Morgan fingerprint density at radius 2 is 1.91 bits per heavy atom. The zero-order valence-electron chi connectivity index (χ0n) is 10.9. The number of nitrogens with zero attached hydrogens (tertiary/aromatic N) is 2. The number of hydrogen-bond acceptors (Lipinski definition) is 6. The third-order valence-corrected chi connectivity index (χ3v) is 4.43. The topological polar surface area (TPSA) is 69.1 Å². The monoisotopic (exact) mass is 374 g/mol. The second kappa shape index (κ2) is 5.19. The van der Waals surface area contributed by atoms with E-state index in [1.54, 1.807) is 12.1 Å². The maximum atomic E-state index is 12.1. The Morgan fingerprint density at radius 1 is 1.05 bits per heavy atom. The molecule has 0 bridgehead atoms. The fourth-order valence-corrected chi connectivity index (χ4v) is 3.10. The van der Waals surface area contributed by atoms with Gasteiger partial charge < -0.3 is 8.83 Å². The second-order valence-electron chi connectivity index (χ2n) is 4.52. The molecule has 0 fully saturated rings. The smallest absolute Gasteiger partial charge is 0.349 e. The molecule has 0 aliphatic rings. The van der Waals surface area contributed by atoms with Crippen LogP contribution in [0.25, 0.3) is 33.2 Å². The van der Waals surface area contributed by atoms with E-state index in [-0.39, 0.29) is 11.5 Å². The van der Waals surface area contributed by atoms with Crippen LogP contribution >= 0.6 is 27.3 Å². The predicted molar refractivity (Wildman–Crippen MR) is 86.8 cm³/mol. The summed E-state index contributed by atoms with van der Waals surface area (Å²) in [6.45, 7) is 0. The molecule has 0 saturated carbocycles. The molecule has 0 N–H and O–H groups in total. The van der Waals surface area contributed by atoms with Crippen molar-refractivity contribution in [3.63, 3.8) is 0 Å². The van der Waals surface area contributed by atoms with E-state index in [1.165, 1.54) is 11.3 Å². The van der Waals surface area contributed by atoms with Crippen LogP contribution < -0.4 is 5.63 Å². The van der Waals surface area contributed by atoms with Crippen LogP contribution in [0.1, 0.15) is 0 Å². The fraction of sp³-hybridized carbons (Fsp3) is 0. The highest BCUT2D eigenvalue weighted by atomic mass is 79.9. The van der Waals surface area contributed by atoms with Gasteiger partial charge in [-0.25, -0.2) is 4.79 Å². The third-order valence-electron chi connectivity index (χ3n) is 3.08. The average Bonchev–Trinajstić information content (AvgIpc) is 3.17. The Hall–Kier alpha value is -2.25. The summed E-state index contributed by atoms with van der Waals surface area (Å²) in [6, 6.07) is 10.9. The second-order valence-corrected chi connectivity index (χ2v) is 6.38. The molecule has 0 radical (unpaired) electrons. The molecule has 7 heteroatoms. The molecule has 3 heterocycles. The van der Waals surface area contributed by atoms with Crippen molar-refractivity contribution < 1.29 is 8.83 Å². The highest BCUT2D eigenvalue weighted by Crippen LogP contribution is 2.27. The van der Waals surface area contributed by atoms with Crippen LogP contribution in [0.15, 0.2) is 59.9 Å². The Bertz CT molecular complexity index is 1020. The zero-order valence-corrected chi connectivity index (χ0v) is 13.3. The normalized spacial score (nSPS) is 11.1. The van der Waals surface area contributed by atoms with Crippen molar-refractivity contribution >= 4 is 38.2 Å². The number of benzene rings is 1. The predicted octanol–water partition coefficient (Wildman–Crippen LogP) is 4.33. The molecule has 0 saturated heterocycles. The van der Waals surface area contributed by atoms with Gasteiger partial charge in [-0.15, -0.1) is 21.5 Å². The van der Waals surface area contributed by atoms with Crippen LogP contribution in [-0.4, -0.2) is 10.2 Å². The molecular formula is C15H7BrN2O3S. The van der Waals surface area contributed by atoms with Crippen LogP contribution in [0, 0.1) is 0 Å². The number of halogens is 1. The maximum absolute atomic E-state index is 12.1. The number of hydrogen-bond donors (Lipinski definition) is 0. The molecule has 3 aromatic heterocycles. The lowest BCUT2D eigenvalue weighted by Gasteiger charge is -1.99. The molecule has 4 aromatic rings. The van der Waals surface area contributed by atoms with Crippen LogP contribution in [-0.2, 0) is 0 Å². The molecule has 0 amide bonds. The first-order valence-electron chi connectivity index (χ1n) is 6.32. The van der Waals surface area contributed by atoms with Gasteiger partial charge in [0.15, 0.2) is 0 Å². The van der Waals surface area contributed by atoms with Crippen molar-refractivity contribution in [3.05, 3.63) is 56.7 Å². The van der Waals surface area contributed by atoms with Crippen LogP contribution in [0.3, 0.4) is 0 Å². The summed E-state index contributed by atoms with van der Waals surface area (Å²) < 4.78 is 11.8. The third kappa shape index (κ3) is 2.28. The Labute approximate surface area is 136 Å². The Morgan fingerprint density at radius 3 is 2.73 bits per heavy atom. The molecule has 108 valence electrons. The quantitative estimate of drug-likeness (QED) is 0.488. The minimum atomic E-state index is -0.504. The van der Waals surface area contributed by atoms with E-state index in [9.17, 15) is 4.79 Å². The molecule has 0 atom stereocenters. The summed E-state index contributed by atoms with van der Waals surface area (Å²) in [6.07, 6.45) is 0. The first-order chi connectivity index (χ1) is 10.7. The molecule has 0 spiro atoms. The fourth-order valence-electron chi connectivity index (χ4n) is 2.08. The van der Waals surface area contributed by atoms with Crippen molar-refractivity contribution in [2.24, 2.45) is 0 Å². The van der Waals surface area contributed by atoms with Crippen molar-refractivity contribution in [2.45, 2.75) is 0 Å². The number of aromatic nitrogens is 2. The van der Waals surface area contributed by atoms with Crippen LogP contribution in [0.5, 0.6) is 0 Å². The van der Waals surface area contributed by atoms with E-state index >= 15 is 0 Å². The van der Waals surface area contributed by atoms with E-state index in [2.05, 4.69) is 26.1 Å².